The minimum absolute atomic E-state index is 0.532. The highest BCUT2D eigenvalue weighted by Crippen LogP contribution is 2.10. The third-order valence-electron chi connectivity index (χ3n) is 4.33. The van der Waals surface area contributed by atoms with Crippen LogP contribution in [0.5, 0.6) is 0 Å². The Balaban J connectivity index is 1.78. The molecule has 0 bridgehead atoms. The summed E-state index contributed by atoms with van der Waals surface area (Å²) in [5, 5.41) is 3.09. The van der Waals surface area contributed by atoms with Crippen molar-refractivity contribution in [2.24, 2.45) is 10.7 Å². The number of benzene rings is 1. The van der Waals surface area contributed by atoms with Crippen LogP contribution in [0.15, 0.2) is 29.3 Å². The zero-order chi connectivity index (χ0) is 16.5. The highest BCUT2D eigenvalue weighted by Gasteiger charge is 2.15. The highest BCUT2D eigenvalue weighted by atomic mass is 15.3. The molecule has 1 aliphatic rings. The normalized spacial score (nSPS) is 17.4. The van der Waals surface area contributed by atoms with Crippen molar-refractivity contribution in [2.45, 2.75) is 33.4 Å². The van der Waals surface area contributed by atoms with Gasteiger partial charge >= 0.3 is 0 Å². The van der Waals surface area contributed by atoms with E-state index in [0.717, 1.165) is 19.5 Å². The lowest BCUT2D eigenvalue weighted by Gasteiger charge is -2.34. The van der Waals surface area contributed by atoms with E-state index in [2.05, 4.69) is 58.2 Å². The van der Waals surface area contributed by atoms with Gasteiger partial charge in [0.25, 0.3) is 0 Å². The molecule has 1 heterocycles. The Morgan fingerprint density at radius 1 is 1.04 bits per heavy atom. The van der Waals surface area contributed by atoms with Gasteiger partial charge in [-0.1, -0.05) is 38.1 Å². The standard InChI is InChI=1S/C18H31N5/c1-3-9-20-18(19)21-14-16-5-7-17(8-6-16)15-23-12-10-22(4-2)11-13-23/h5-8H,3-4,9-15H2,1-2H3,(H3,19,20,21). The Hall–Kier alpha value is -1.59. The van der Waals surface area contributed by atoms with Gasteiger partial charge in [-0.3, -0.25) is 4.90 Å². The van der Waals surface area contributed by atoms with Crippen LogP contribution in [0.4, 0.5) is 0 Å². The summed E-state index contributed by atoms with van der Waals surface area (Å²) in [6.45, 7) is 12.8. The first-order valence-electron chi connectivity index (χ1n) is 8.77. The summed E-state index contributed by atoms with van der Waals surface area (Å²) >= 11 is 0. The van der Waals surface area contributed by atoms with Gasteiger partial charge in [0.1, 0.15) is 0 Å². The van der Waals surface area contributed by atoms with Gasteiger partial charge in [0.15, 0.2) is 5.96 Å². The molecular formula is C18H31N5. The van der Waals surface area contributed by atoms with Crippen molar-refractivity contribution in [3.8, 4) is 0 Å². The second kappa shape index (κ2) is 9.53. The van der Waals surface area contributed by atoms with Gasteiger partial charge in [0.2, 0.25) is 0 Å². The Kier molecular flexibility index (Phi) is 7.36. The SMILES string of the molecule is CCCNC(N)=NCc1ccc(CN2CCN(CC)CC2)cc1. The molecule has 5 heteroatoms. The van der Waals surface area contributed by atoms with E-state index >= 15 is 0 Å². The lowest BCUT2D eigenvalue weighted by atomic mass is 10.1. The second-order valence-corrected chi connectivity index (χ2v) is 6.16. The molecule has 0 aromatic heterocycles. The number of likely N-dealkylation sites (N-methyl/N-ethyl adjacent to an activating group) is 1. The zero-order valence-corrected chi connectivity index (χ0v) is 14.6. The van der Waals surface area contributed by atoms with Crippen molar-refractivity contribution in [3.63, 3.8) is 0 Å². The molecule has 1 saturated heterocycles. The van der Waals surface area contributed by atoms with E-state index in [4.69, 9.17) is 5.73 Å². The van der Waals surface area contributed by atoms with Crippen LogP contribution in [0.1, 0.15) is 31.4 Å². The molecule has 0 spiro atoms. The molecule has 1 aromatic carbocycles. The van der Waals surface area contributed by atoms with E-state index in [1.165, 1.54) is 43.9 Å². The molecule has 0 radical (unpaired) electrons. The van der Waals surface area contributed by atoms with Crippen molar-refractivity contribution < 1.29 is 0 Å². The van der Waals surface area contributed by atoms with E-state index in [1.54, 1.807) is 0 Å². The van der Waals surface area contributed by atoms with Crippen LogP contribution in [0.3, 0.4) is 0 Å². The maximum atomic E-state index is 5.81. The van der Waals surface area contributed by atoms with E-state index < -0.39 is 0 Å². The molecular weight excluding hydrogens is 286 g/mol. The summed E-state index contributed by atoms with van der Waals surface area (Å²) in [5.74, 6) is 0.532. The Bertz CT molecular complexity index is 475. The maximum Gasteiger partial charge on any atom is 0.188 e. The summed E-state index contributed by atoms with van der Waals surface area (Å²) < 4.78 is 0. The number of nitrogens with one attached hydrogen (secondary N) is 1. The van der Waals surface area contributed by atoms with Gasteiger partial charge in [0.05, 0.1) is 6.54 Å². The maximum absolute atomic E-state index is 5.81. The predicted octanol–water partition coefficient (Wildman–Crippen LogP) is 1.64. The van der Waals surface area contributed by atoms with Crippen LogP contribution in [0.25, 0.3) is 0 Å². The van der Waals surface area contributed by atoms with Gasteiger partial charge in [-0.25, -0.2) is 4.99 Å². The molecule has 0 unspecified atom stereocenters. The smallest absolute Gasteiger partial charge is 0.188 e. The summed E-state index contributed by atoms with van der Waals surface area (Å²) in [4.78, 5) is 9.40. The van der Waals surface area contributed by atoms with Crippen LogP contribution in [-0.4, -0.2) is 55.0 Å². The van der Waals surface area contributed by atoms with Crippen molar-refractivity contribution in [1.82, 2.24) is 15.1 Å². The summed E-state index contributed by atoms with van der Waals surface area (Å²) in [6.07, 6.45) is 1.05. The third kappa shape index (κ3) is 6.20. The number of hydrogen-bond acceptors (Lipinski definition) is 3. The van der Waals surface area contributed by atoms with Gasteiger partial charge in [-0.05, 0) is 24.1 Å². The zero-order valence-electron chi connectivity index (χ0n) is 14.6. The molecule has 3 N–H and O–H groups in total. The molecule has 0 saturated carbocycles. The minimum atomic E-state index is 0.532. The Labute approximate surface area is 140 Å². The number of nitrogens with two attached hydrogens (primary N) is 1. The molecule has 1 aliphatic heterocycles. The molecule has 1 fully saturated rings. The van der Waals surface area contributed by atoms with Gasteiger partial charge in [-0.15, -0.1) is 0 Å². The van der Waals surface area contributed by atoms with E-state index in [9.17, 15) is 0 Å². The second-order valence-electron chi connectivity index (χ2n) is 6.16. The van der Waals surface area contributed by atoms with Crippen LogP contribution in [0.2, 0.25) is 0 Å². The number of rotatable bonds is 7. The first-order valence-corrected chi connectivity index (χ1v) is 8.77. The lowest BCUT2D eigenvalue weighted by molar-refractivity contribution is 0.132. The van der Waals surface area contributed by atoms with Crippen LogP contribution in [0, 0.1) is 0 Å². The molecule has 23 heavy (non-hydrogen) atoms. The lowest BCUT2D eigenvalue weighted by Crippen LogP contribution is -2.45. The summed E-state index contributed by atoms with van der Waals surface area (Å²) in [7, 11) is 0. The number of nitrogens with zero attached hydrogens (tertiary/aromatic N) is 3. The predicted molar refractivity (Wildman–Crippen MR) is 97.5 cm³/mol. The molecule has 5 nitrogen and oxygen atoms in total. The average molecular weight is 317 g/mol. The molecule has 2 rings (SSSR count). The van der Waals surface area contributed by atoms with Crippen molar-refractivity contribution in [3.05, 3.63) is 35.4 Å². The number of aliphatic imine (C=N–C) groups is 1. The number of hydrogen-bond donors (Lipinski definition) is 2. The fraction of sp³-hybridized carbons (Fsp3) is 0.611. The van der Waals surface area contributed by atoms with Gasteiger partial charge in [-0.2, -0.15) is 0 Å². The monoisotopic (exact) mass is 317 g/mol. The third-order valence-corrected chi connectivity index (χ3v) is 4.33. The van der Waals surface area contributed by atoms with Crippen LogP contribution in [-0.2, 0) is 13.1 Å². The molecule has 1 aromatic rings. The Morgan fingerprint density at radius 2 is 1.65 bits per heavy atom. The molecule has 0 aliphatic carbocycles. The summed E-state index contributed by atoms with van der Waals surface area (Å²) in [5.41, 5.74) is 8.39. The van der Waals surface area contributed by atoms with Gasteiger partial charge < -0.3 is 16.0 Å². The topological polar surface area (TPSA) is 56.9 Å². The van der Waals surface area contributed by atoms with E-state index in [1.807, 2.05) is 0 Å². The van der Waals surface area contributed by atoms with E-state index in [0.29, 0.717) is 12.5 Å². The van der Waals surface area contributed by atoms with Gasteiger partial charge in [0, 0.05) is 39.3 Å². The van der Waals surface area contributed by atoms with Crippen LogP contribution >= 0.6 is 0 Å². The van der Waals surface area contributed by atoms with Crippen molar-refractivity contribution >= 4 is 5.96 Å². The van der Waals surface area contributed by atoms with Crippen LogP contribution < -0.4 is 11.1 Å². The number of guanidine groups is 1. The number of piperazine rings is 1. The summed E-state index contributed by atoms with van der Waals surface area (Å²) in [6, 6.07) is 8.75. The fourth-order valence-electron chi connectivity index (χ4n) is 2.76. The average Bonchev–Trinajstić information content (AvgIpc) is 2.60. The van der Waals surface area contributed by atoms with Crippen molar-refractivity contribution in [2.75, 3.05) is 39.3 Å². The first kappa shape index (κ1) is 17.8. The quantitative estimate of drug-likeness (QED) is 0.593. The fourth-order valence-corrected chi connectivity index (χ4v) is 2.76. The van der Waals surface area contributed by atoms with E-state index in [-0.39, 0.29) is 0 Å². The molecule has 128 valence electrons. The highest BCUT2D eigenvalue weighted by molar-refractivity contribution is 5.77. The largest absolute Gasteiger partial charge is 0.370 e. The molecule has 0 amide bonds. The first-order chi connectivity index (χ1) is 11.2. The van der Waals surface area contributed by atoms with Crippen molar-refractivity contribution in [1.29, 1.82) is 0 Å². The Morgan fingerprint density at radius 3 is 2.26 bits per heavy atom. The minimum Gasteiger partial charge on any atom is -0.370 e. The molecule has 0 atom stereocenters.